The Hall–Kier alpha value is -3.72. The smallest absolute Gasteiger partial charge is 0.407 e. The zero-order valence-electron chi connectivity index (χ0n) is 24.5. The minimum absolute atomic E-state index is 0.00395. The molecule has 3 aromatic carbocycles. The Morgan fingerprint density at radius 1 is 1.00 bits per heavy atom. The number of hydrogen-bond donors (Lipinski definition) is 3. The number of aliphatic hydroxyl groups is 1. The molecule has 3 unspecified atom stereocenters. The molecular formula is C34H36Cl2N2O6. The Morgan fingerprint density at radius 3 is 2.48 bits per heavy atom. The van der Waals surface area contributed by atoms with Gasteiger partial charge in [0, 0.05) is 51.9 Å². The highest BCUT2D eigenvalue weighted by atomic mass is 35.5. The quantitative estimate of drug-likeness (QED) is 0.110. The normalized spacial score (nSPS) is 16.6. The molecule has 1 heterocycles. The maximum absolute atomic E-state index is 13.1. The summed E-state index contributed by atoms with van der Waals surface area (Å²) in [6.07, 6.45) is 1.66. The maximum atomic E-state index is 13.1. The molecule has 0 spiro atoms. The van der Waals surface area contributed by atoms with Gasteiger partial charge in [0.15, 0.2) is 0 Å². The van der Waals surface area contributed by atoms with Crippen LogP contribution in [0.2, 0.25) is 10.0 Å². The topological polar surface area (TPSA) is 110 Å². The summed E-state index contributed by atoms with van der Waals surface area (Å²) in [5.41, 5.74) is 4.37. The van der Waals surface area contributed by atoms with Gasteiger partial charge in [0.05, 0.1) is 19.3 Å². The van der Waals surface area contributed by atoms with Crippen LogP contribution in [0.5, 0.6) is 11.5 Å². The first-order valence-corrected chi connectivity index (χ1v) is 15.6. The fourth-order valence-electron chi connectivity index (χ4n) is 5.69. The molecule has 1 aliphatic carbocycles. The van der Waals surface area contributed by atoms with Gasteiger partial charge in [0.1, 0.15) is 11.5 Å². The Kier molecular flexibility index (Phi) is 10.7. The highest BCUT2D eigenvalue weighted by molar-refractivity contribution is 6.31. The average molecular weight is 640 g/mol. The standard InChI is InChI=1S/C34H36Cl2N2O6/c1-2-16-43-34(41)37-20-25(39)15-17-42-26-9-3-21(4-10-26)32-22(18-31(40)44-27-11-6-23(35)7-12-27)5-13-28-29-19-24(36)8-14-30(29)38-33(28)32/h3-4,6-12,14,19,22,25,32,38-39H,2,5,13,15-18,20H2,1H3,(H,37,41). The number of hydrogen-bond acceptors (Lipinski definition) is 6. The van der Waals surface area contributed by atoms with Crippen molar-refractivity contribution in [3.8, 4) is 11.5 Å². The van der Waals surface area contributed by atoms with Gasteiger partial charge in [-0.1, -0.05) is 42.3 Å². The van der Waals surface area contributed by atoms with E-state index >= 15 is 0 Å². The lowest BCUT2D eigenvalue weighted by Gasteiger charge is -2.32. The van der Waals surface area contributed by atoms with Gasteiger partial charge in [0.2, 0.25) is 0 Å². The molecule has 0 fully saturated rings. The fourth-order valence-corrected chi connectivity index (χ4v) is 5.99. The molecule has 0 aliphatic heterocycles. The molecule has 5 rings (SSSR count). The molecule has 44 heavy (non-hydrogen) atoms. The summed E-state index contributed by atoms with van der Waals surface area (Å²) >= 11 is 12.3. The number of carbonyl (C=O) groups is 2. The Balaban J connectivity index is 1.28. The number of aryl methyl sites for hydroxylation is 1. The predicted molar refractivity (Wildman–Crippen MR) is 171 cm³/mol. The van der Waals surface area contributed by atoms with E-state index in [2.05, 4.69) is 10.3 Å². The van der Waals surface area contributed by atoms with Crippen molar-refractivity contribution in [1.82, 2.24) is 10.3 Å². The van der Waals surface area contributed by atoms with E-state index in [0.717, 1.165) is 41.4 Å². The van der Waals surface area contributed by atoms with E-state index in [-0.39, 0.29) is 37.4 Å². The predicted octanol–water partition coefficient (Wildman–Crippen LogP) is 7.43. The van der Waals surface area contributed by atoms with Crippen molar-refractivity contribution in [2.75, 3.05) is 19.8 Å². The van der Waals surface area contributed by atoms with Crippen molar-refractivity contribution in [2.24, 2.45) is 5.92 Å². The molecule has 0 bridgehead atoms. The Labute approximate surface area is 266 Å². The van der Waals surface area contributed by atoms with Gasteiger partial charge in [-0.2, -0.15) is 0 Å². The van der Waals surface area contributed by atoms with Crippen LogP contribution in [0.3, 0.4) is 0 Å². The van der Waals surface area contributed by atoms with E-state index in [4.69, 9.17) is 37.4 Å². The first-order valence-electron chi connectivity index (χ1n) is 14.9. The third-order valence-electron chi connectivity index (χ3n) is 7.80. The highest BCUT2D eigenvalue weighted by Crippen LogP contribution is 2.45. The SMILES string of the molecule is CCCOC(=O)NCC(O)CCOc1ccc(C2c3[nH]c4ccc(Cl)cc4c3CCC2CC(=O)Oc2ccc(Cl)cc2)cc1. The molecule has 4 aromatic rings. The van der Waals surface area contributed by atoms with Crippen molar-refractivity contribution in [2.45, 2.75) is 51.0 Å². The number of H-pyrrole nitrogens is 1. The van der Waals surface area contributed by atoms with Crippen LogP contribution in [0.4, 0.5) is 4.79 Å². The van der Waals surface area contributed by atoms with Crippen LogP contribution < -0.4 is 14.8 Å². The molecule has 0 radical (unpaired) electrons. The number of alkyl carbamates (subject to hydrolysis) is 1. The second-order valence-electron chi connectivity index (χ2n) is 11.0. The number of esters is 1. The molecule has 10 heteroatoms. The lowest BCUT2D eigenvalue weighted by atomic mass is 9.73. The van der Waals surface area contributed by atoms with Gasteiger partial charge >= 0.3 is 12.1 Å². The van der Waals surface area contributed by atoms with E-state index in [0.29, 0.717) is 34.6 Å². The third-order valence-corrected chi connectivity index (χ3v) is 8.29. The average Bonchev–Trinajstić information content (AvgIpc) is 3.38. The van der Waals surface area contributed by atoms with Crippen molar-refractivity contribution in [3.05, 3.63) is 93.6 Å². The van der Waals surface area contributed by atoms with Crippen LogP contribution in [0.25, 0.3) is 10.9 Å². The fraction of sp³-hybridized carbons (Fsp3) is 0.353. The lowest BCUT2D eigenvalue weighted by molar-refractivity contribution is -0.135. The van der Waals surface area contributed by atoms with Crippen LogP contribution in [-0.2, 0) is 16.0 Å². The maximum Gasteiger partial charge on any atom is 0.407 e. The number of carbonyl (C=O) groups excluding carboxylic acids is 2. The summed E-state index contributed by atoms with van der Waals surface area (Å²) in [4.78, 5) is 28.3. The number of benzene rings is 3. The molecule has 232 valence electrons. The van der Waals surface area contributed by atoms with Crippen LogP contribution >= 0.6 is 23.2 Å². The molecule has 0 saturated carbocycles. The summed E-state index contributed by atoms with van der Waals surface area (Å²) in [5, 5.41) is 15.1. The van der Waals surface area contributed by atoms with Crippen LogP contribution in [-0.4, -0.2) is 48.0 Å². The van der Waals surface area contributed by atoms with E-state index in [1.54, 1.807) is 24.3 Å². The summed E-state index contributed by atoms with van der Waals surface area (Å²) in [7, 11) is 0. The van der Waals surface area contributed by atoms with Gasteiger partial charge in [-0.25, -0.2) is 4.79 Å². The number of aromatic nitrogens is 1. The minimum Gasteiger partial charge on any atom is -0.493 e. The van der Waals surface area contributed by atoms with Gasteiger partial charge in [-0.3, -0.25) is 4.79 Å². The molecule has 0 saturated heterocycles. The monoisotopic (exact) mass is 638 g/mol. The third kappa shape index (κ3) is 8.05. The van der Waals surface area contributed by atoms with E-state index in [9.17, 15) is 14.7 Å². The van der Waals surface area contributed by atoms with Gasteiger partial charge in [-0.15, -0.1) is 0 Å². The first-order chi connectivity index (χ1) is 21.3. The van der Waals surface area contributed by atoms with Crippen molar-refractivity contribution >= 4 is 46.2 Å². The van der Waals surface area contributed by atoms with Gasteiger partial charge < -0.3 is 29.6 Å². The largest absolute Gasteiger partial charge is 0.493 e. The van der Waals surface area contributed by atoms with Crippen molar-refractivity contribution in [1.29, 1.82) is 0 Å². The first kappa shape index (κ1) is 31.7. The van der Waals surface area contributed by atoms with Crippen LogP contribution in [0, 0.1) is 5.92 Å². The van der Waals surface area contributed by atoms with Crippen molar-refractivity contribution < 1.29 is 28.9 Å². The number of rotatable bonds is 12. The van der Waals surface area contributed by atoms with Crippen LogP contribution in [0.1, 0.15) is 55.3 Å². The number of aromatic amines is 1. The number of aliphatic hydroxyl groups excluding tert-OH is 1. The van der Waals surface area contributed by atoms with E-state index < -0.39 is 12.2 Å². The molecule has 1 amide bonds. The minimum atomic E-state index is -0.756. The second-order valence-corrected chi connectivity index (χ2v) is 11.9. The molecule has 3 N–H and O–H groups in total. The van der Waals surface area contributed by atoms with Gasteiger partial charge in [-0.05, 0) is 90.9 Å². The number of amides is 1. The second kappa shape index (κ2) is 14.8. The molecule has 8 nitrogen and oxygen atoms in total. The van der Waals surface area contributed by atoms with Crippen molar-refractivity contribution in [3.63, 3.8) is 0 Å². The highest BCUT2D eigenvalue weighted by Gasteiger charge is 2.35. The van der Waals surface area contributed by atoms with E-state index in [1.807, 2.05) is 49.4 Å². The summed E-state index contributed by atoms with van der Waals surface area (Å²) in [6, 6.07) is 20.5. The molecule has 1 aliphatic rings. The number of halogens is 2. The Bertz CT molecular complexity index is 1570. The summed E-state index contributed by atoms with van der Waals surface area (Å²) in [6.45, 7) is 2.62. The number of fused-ring (bicyclic) bond motifs is 3. The van der Waals surface area contributed by atoms with Gasteiger partial charge in [0.25, 0.3) is 0 Å². The zero-order valence-corrected chi connectivity index (χ0v) is 26.0. The number of ether oxygens (including phenoxy) is 3. The zero-order chi connectivity index (χ0) is 31.1. The lowest BCUT2D eigenvalue weighted by Crippen LogP contribution is -2.33. The molecule has 1 aromatic heterocycles. The molecule has 3 atom stereocenters. The molecular weight excluding hydrogens is 603 g/mol. The van der Waals surface area contributed by atoms with Crippen LogP contribution in [0.15, 0.2) is 66.7 Å². The van der Waals surface area contributed by atoms with E-state index in [1.165, 1.54) is 5.56 Å². The Morgan fingerprint density at radius 2 is 1.73 bits per heavy atom. The summed E-state index contributed by atoms with van der Waals surface area (Å²) < 4.78 is 16.5. The summed E-state index contributed by atoms with van der Waals surface area (Å²) in [5.74, 6) is 0.763. The number of nitrogens with one attached hydrogen (secondary N) is 2.